The molecule has 3 N–H and O–H groups in total. The van der Waals surface area contributed by atoms with Crippen LogP contribution >= 0.6 is 0 Å². The van der Waals surface area contributed by atoms with Gasteiger partial charge in [0.1, 0.15) is 11.8 Å². The van der Waals surface area contributed by atoms with Crippen LogP contribution in [0.3, 0.4) is 0 Å². The molecular formula is C6H7N3. The average Bonchev–Trinajstić information content (AvgIpc) is 2.15. The van der Waals surface area contributed by atoms with E-state index in [-0.39, 0.29) is 0 Å². The van der Waals surface area contributed by atoms with E-state index >= 15 is 0 Å². The minimum atomic E-state index is 0.549. The normalized spacial score (nSPS) is 8.89. The second kappa shape index (κ2) is 1.82. The van der Waals surface area contributed by atoms with Gasteiger partial charge in [-0.05, 0) is 6.92 Å². The van der Waals surface area contributed by atoms with Crippen molar-refractivity contribution in [3.05, 3.63) is 17.5 Å². The van der Waals surface area contributed by atoms with Crippen molar-refractivity contribution in [3.8, 4) is 6.07 Å². The van der Waals surface area contributed by atoms with Gasteiger partial charge in [0.2, 0.25) is 0 Å². The molecule has 0 unspecified atom stereocenters. The van der Waals surface area contributed by atoms with Crippen LogP contribution in [-0.2, 0) is 0 Å². The molecule has 9 heavy (non-hydrogen) atoms. The van der Waals surface area contributed by atoms with Crippen molar-refractivity contribution in [2.45, 2.75) is 6.92 Å². The highest BCUT2D eigenvalue weighted by Gasteiger charge is 2.00. The Morgan fingerprint density at radius 3 is 2.67 bits per heavy atom. The van der Waals surface area contributed by atoms with E-state index in [9.17, 15) is 0 Å². The van der Waals surface area contributed by atoms with Crippen LogP contribution in [0, 0.1) is 18.3 Å². The molecule has 1 aromatic rings. The molecule has 0 aliphatic carbocycles. The third kappa shape index (κ3) is 0.745. The Bertz CT molecular complexity index is 254. The highest BCUT2D eigenvalue weighted by atomic mass is 14.7. The monoisotopic (exact) mass is 121 g/mol. The van der Waals surface area contributed by atoms with Gasteiger partial charge in [-0.1, -0.05) is 0 Å². The average molecular weight is 121 g/mol. The molecule has 0 amide bonds. The summed E-state index contributed by atoms with van der Waals surface area (Å²) in [6, 6.07) is 1.98. The maximum absolute atomic E-state index is 8.39. The van der Waals surface area contributed by atoms with Gasteiger partial charge in [0.15, 0.2) is 0 Å². The lowest BCUT2D eigenvalue weighted by atomic mass is 10.2. The molecule has 3 heteroatoms. The fourth-order valence-corrected chi connectivity index (χ4v) is 0.627. The number of nitrogens with one attached hydrogen (secondary N) is 1. The highest BCUT2D eigenvalue weighted by Crippen LogP contribution is 2.12. The second-order valence-corrected chi connectivity index (χ2v) is 1.86. The Labute approximate surface area is 53.1 Å². The Morgan fingerprint density at radius 1 is 1.78 bits per heavy atom. The van der Waals surface area contributed by atoms with Crippen molar-refractivity contribution in [1.29, 1.82) is 5.26 Å². The number of H-pyrrole nitrogens is 1. The first-order chi connectivity index (χ1) is 4.25. The zero-order valence-electron chi connectivity index (χ0n) is 5.10. The van der Waals surface area contributed by atoms with Gasteiger partial charge in [-0.3, -0.25) is 0 Å². The minimum absolute atomic E-state index is 0.549. The van der Waals surface area contributed by atoms with Crippen LogP contribution in [0.25, 0.3) is 0 Å². The molecule has 0 atom stereocenters. The van der Waals surface area contributed by atoms with Crippen molar-refractivity contribution in [2.75, 3.05) is 5.73 Å². The number of nitrogens with zero attached hydrogens (tertiary/aromatic N) is 1. The Kier molecular flexibility index (Phi) is 1.16. The van der Waals surface area contributed by atoms with Gasteiger partial charge in [-0.2, -0.15) is 5.26 Å². The van der Waals surface area contributed by atoms with Gasteiger partial charge in [0, 0.05) is 11.8 Å². The second-order valence-electron chi connectivity index (χ2n) is 1.86. The van der Waals surface area contributed by atoms with Crippen LogP contribution in [0.1, 0.15) is 11.3 Å². The summed E-state index contributed by atoms with van der Waals surface area (Å²) in [5, 5.41) is 8.39. The molecular weight excluding hydrogens is 114 g/mol. The maximum Gasteiger partial charge on any atom is 0.122 e. The quantitative estimate of drug-likeness (QED) is 0.532. The minimum Gasteiger partial charge on any atom is -0.397 e. The highest BCUT2D eigenvalue weighted by molar-refractivity contribution is 5.51. The van der Waals surface area contributed by atoms with Crippen molar-refractivity contribution in [1.82, 2.24) is 4.98 Å². The Balaban J connectivity index is 3.24. The summed E-state index contributed by atoms with van der Waals surface area (Å²) in [7, 11) is 0. The van der Waals surface area contributed by atoms with Crippen LogP contribution in [0.2, 0.25) is 0 Å². The summed E-state index contributed by atoms with van der Waals surface area (Å²) in [6.07, 6.45) is 1.62. The van der Waals surface area contributed by atoms with E-state index in [1.165, 1.54) is 0 Å². The lowest BCUT2D eigenvalue weighted by Crippen LogP contribution is -1.83. The molecule has 0 aliphatic rings. The zero-order valence-corrected chi connectivity index (χ0v) is 5.10. The summed E-state index contributed by atoms with van der Waals surface area (Å²) < 4.78 is 0. The topological polar surface area (TPSA) is 65.6 Å². The smallest absolute Gasteiger partial charge is 0.122 e. The first-order valence-corrected chi connectivity index (χ1v) is 2.59. The number of nitriles is 1. The summed E-state index contributed by atoms with van der Waals surface area (Å²) in [4.78, 5) is 2.74. The van der Waals surface area contributed by atoms with Gasteiger partial charge < -0.3 is 10.7 Å². The number of nitrogens with two attached hydrogens (primary N) is 1. The van der Waals surface area contributed by atoms with Crippen LogP contribution < -0.4 is 5.73 Å². The SMILES string of the molecule is Cc1c(N)c[nH]c1C#N. The number of aromatic nitrogens is 1. The molecule has 0 aliphatic heterocycles. The first-order valence-electron chi connectivity index (χ1n) is 2.59. The molecule has 0 radical (unpaired) electrons. The fraction of sp³-hybridized carbons (Fsp3) is 0.167. The molecule has 0 spiro atoms. The number of hydrogen-bond donors (Lipinski definition) is 2. The Hall–Kier alpha value is -1.43. The molecule has 0 fully saturated rings. The van der Waals surface area contributed by atoms with Crippen molar-refractivity contribution in [2.24, 2.45) is 0 Å². The lowest BCUT2D eigenvalue weighted by Gasteiger charge is -1.84. The van der Waals surface area contributed by atoms with Crippen LogP contribution in [-0.4, -0.2) is 4.98 Å². The largest absolute Gasteiger partial charge is 0.397 e. The van der Waals surface area contributed by atoms with E-state index in [4.69, 9.17) is 11.0 Å². The van der Waals surface area contributed by atoms with Gasteiger partial charge in [0.25, 0.3) is 0 Å². The Morgan fingerprint density at radius 2 is 2.44 bits per heavy atom. The van der Waals surface area contributed by atoms with E-state index in [1.807, 2.05) is 13.0 Å². The van der Waals surface area contributed by atoms with Gasteiger partial charge >= 0.3 is 0 Å². The molecule has 1 heterocycles. The number of anilines is 1. The molecule has 0 saturated carbocycles. The van der Waals surface area contributed by atoms with Gasteiger partial charge in [0.05, 0.1) is 5.69 Å². The third-order valence-corrected chi connectivity index (χ3v) is 1.29. The summed E-state index contributed by atoms with van der Waals surface area (Å²) in [5.41, 5.74) is 7.46. The third-order valence-electron chi connectivity index (χ3n) is 1.29. The van der Waals surface area contributed by atoms with Gasteiger partial charge in [-0.25, -0.2) is 0 Å². The molecule has 0 saturated heterocycles. The molecule has 1 rings (SSSR count). The predicted molar refractivity (Wildman–Crippen MR) is 34.7 cm³/mol. The van der Waals surface area contributed by atoms with Crippen LogP contribution in [0.5, 0.6) is 0 Å². The summed E-state index contributed by atoms with van der Waals surface area (Å²) >= 11 is 0. The lowest BCUT2D eigenvalue weighted by molar-refractivity contribution is 1.30. The summed E-state index contributed by atoms with van der Waals surface area (Å²) in [6.45, 7) is 1.81. The van der Waals surface area contributed by atoms with Crippen LogP contribution in [0.4, 0.5) is 5.69 Å². The van der Waals surface area contributed by atoms with E-state index in [2.05, 4.69) is 4.98 Å². The van der Waals surface area contributed by atoms with E-state index in [1.54, 1.807) is 6.20 Å². The first kappa shape index (κ1) is 5.70. The van der Waals surface area contributed by atoms with Crippen molar-refractivity contribution >= 4 is 5.69 Å². The molecule has 46 valence electrons. The van der Waals surface area contributed by atoms with Gasteiger partial charge in [-0.15, -0.1) is 0 Å². The standard InChI is InChI=1S/C6H7N3/c1-4-5(8)3-9-6(4)2-7/h3,9H,8H2,1H3. The molecule has 0 bridgehead atoms. The maximum atomic E-state index is 8.39. The fourth-order valence-electron chi connectivity index (χ4n) is 0.627. The predicted octanol–water partition coefficient (Wildman–Crippen LogP) is 0.777. The molecule has 1 aromatic heterocycles. The van der Waals surface area contributed by atoms with Crippen LogP contribution in [0.15, 0.2) is 6.20 Å². The van der Waals surface area contributed by atoms with Crippen molar-refractivity contribution < 1.29 is 0 Å². The van der Waals surface area contributed by atoms with E-state index in [0.717, 1.165) is 5.56 Å². The zero-order chi connectivity index (χ0) is 6.85. The number of nitrogen functional groups attached to an aromatic ring is 1. The number of hydrogen-bond acceptors (Lipinski definition) is 2. The molecule has 3 nitrogen and oxygen atoms in total. The van der Waals surface area contributed by atoms with E-state index in [0.29, 0.717) is 11.4 Å². The molecule has 0 aromatic carbocycles. The van der Waals surface area contributed by atoms with Crippen molar-refractivity contribution in [3.63, 3.8) is 0 Å². The summed E-state index contributed by atoms with van der Waals surface area (Å²) in [5.74, 6) is 0. The van der Waals surface area contributed by atoms with E-state index < -0.39 is 0 Å². The number of rotatable bonds is 0. The number of aromatic amines is 1.